The number of benzene rings is 3. The summed E-state index contributed by atoms with van der Waals surface area (Å²) in [6.45, 7) is 2.49. The fourth-order valence-electron chi connectivity index (χ4n) is 4.18. The third kappa shape index (κ3) is 5.40. The number of amides is 1. The third-order valence-electron chi connectivity index (χ3n) is 5.91. The number of nitriles is 1. The van der Waals surface area contributed by atoms with E-state index in [0.717, 1.165) is 0 Å². The minimum Gasteiger partial charge on any atom is -0.399 e. The van der Waals surface area contributed by atoms with Crippen molar-refractivity contribution in [2.75, 3.05) is 37.2 Å². The van der Waals surface area contributed by atoms with E-state index in [0.29, 0.717) is 42.6 Å². The molecule has 3 aromatic carbocycles. The van der Waals surface area contributed by atoms with Gasteiger partial charge in [0.15, 0.2) is 0 Å². The second kappa shape index (κ2) is 10.9. The van der Waals surface area contributed by atoms with Crippen molar-refractivity contribution in [2.45, 2.75) is 6.04 Å². The number of hydrogen-bond acceptors (Lipinski definition) is 5. The zero-order valence-corrected chi connectivity index (χ0v) is 19.4. The molecule has 0 spiro atoms. The Morgan fingerprint density at radius 1 is 0.971 bits per heavy atom. The molecule has 1 aliphatic rings. The quantitative estimate of drug-likeness (QED) is 0.310. The molecule has 172 valence electrons. The first-order valence-corrected chi connectivity index (χ1v) is 11.5. The fourth-order valence-corrected chi connectivity index (χ4v) is 4.42. The Morgan fingerprint density at radius 3 is 2.09 bits per heavy atom. The first kappa shape index (κ1) is 23.4. The second-order valence-corrected chi connectivity index (χ2v) is 8.51. The Kier molecular flexibility index (Phi) is 7.48. The number of hydrogen-bond donors (Lipinski definition) is 2. The lowest BCUT2D eigenvalue weighted by atomic mass is 9.96. The first-order chi connectivity index (χ1) is 16.6. The van der Waals surface area contributed by atoms with Crippen LogP contribution in [0.1, 0.15) is 17.2 Å². The topological polar surface area (TPSA) is 85.4 Å². The van der Waals surface area contributed by atoms with Gasteiger partial charge in [-0.05, 0) is 29.3 Å². The Hall–Kier alpha value is -3.79. The van der Waals surface area contributed by atoms with Gasteiger partial charge in [0, 0.05) is 38.1 Å². The number of piperazine rings is 1. The van der Waals surface area contributed by atoms with Gasteiger partial charge < -0.3 is 16.0 Å². The summed E-state index contributed by atoms with van der Waals surface area (Å²) in [4.78, 5) is 17.1. The molecule has 1 amide bonds. The molecule has 0 aromatic heterocycles. The van der Waals surface area contributed by atoms with Gasteiger partial charge in [-0.3, -0.25) is 9.69 Å². The summed E-state index contributed by atoms with van der Waals surface area (Å²) in [7, 11) is 0. The van der Waals surface area contributed by atoms with Crippen LogP contribution in [0.25, 0.3) is 0 Å². The molecule has 1 saturated heterocycles. The van der Waals surface area contributed by atoms with Crippen LogP contribution in [-0.2, 0) is 4.79 Å². The van der Waals surface area contributed by atoms with Crippen LogP contribution in [0, 0.1) is 11.3 Å². The standard InChI is InChI=1S/C27H26ClN5O/c28-24-17-23(30)11-12-25(24)31-19-22(18-29)27(34)33-15-13-32(14-16-33)26(20-7-3-1-4-8-20)21-9-5-2-6-10-21/h1-12,17,19,26,31H,13-16,30H2/b22-19-. The molecule has 3 aromatic rings. The summed E-state index contributed by atoms with van der Waals surface area (Å²) < 4.78 is 0. The van der Waals surface area contributed by atoms with Gasteiger partial charge in [-0.1, -0.05) is 72.3 Å². The van der Waals surface area contributed by atoms with Crippen molar-refractivity contribution >= 4 is 28.9 Å². The highest BCUT2D eigenvalue weighted by molar-refractivity contribution is 6.33. The van der Waals surface area contributed by atoms with E-state index in [2.05, 4.69) is 58.7 Å². The van der Waals surface area contributed by atoms with Gasteiger partial charge in [0.1, 0.15) is 11.6 Å². The smallest absolute Gasteiger partial charge is 0.266 e. The van der Waals surface area contributed by atoms with Gasteiger partial charge >= 0.3 is 0 Å². The van der Waals surface area contributed by atoms with Crippen LogP contribution in [0.5, 0.6) is 0 Å². The van der Waals surface area contributed by atoms with E-state index in [-0.39, 0.29) is 17.5 Å². The maximum atomic E-state index is 13.0. The van der Waals surface area contributed by atoms with Crippen molar-refractivity contribution in [3.8, 4) is 6.07 Å². The molecule has 3 N–H and O–H groups in total. The number of anilines is 2. The van der Waals surface area contributed by atoms with Gasteiger partial charge in [-0.15, -0.1) is 0 Å². The molecule has 1 fully saturated rings. The number of carbonyl (C=O) groups excluding carboxylic acids is 1. The molecule has 4 rings (SSSR count). The normalized spacial score (nSPS) is 14.6. The number of nitrogens with zero attached hydrogens (tertiary/aromatic N) is 3. The molecule has 7 heteroatoms. The van der Waals surface area contributed by atoms with E-state index < -0.39 is 0 Å². The zero-order chi connectivity index (χ0) is 23.9. The van der Waals surface area contributed by atoms with E-state index in [1.807, 2.05) is 18.2 Å². The molecular weight excluding hydrogens is 446 g/mol. The fraction of sp³-hybridized carbons (Fsp3) is 0.185. The number of carbonyl (C=O) groups is 1. The third-order valence-corrected chi connectivity index (χ3v) is 6.23. The monoisotopic (exact) mass is 471 g/mol. The minimum absolute atomic E-state index is 0.0315. The molecule has 0 atom stereocenters. The number of halogens is 1. The van der Waals surface area contributed by atoms with Crippen molar-refractivity contribution in [1.29, 1.82) is 5.26 Å². The highest BCUT2D eigenvalue weighted by Crippen LogP contribution is 2.30. The highest BCUT2D eigenvalue weighted by Gasteiger charge is 2.29. The lowest BCUT2D eigenvalue weighted by Crippen LogP contribution is -2.50. The molecule has 1 heterocycles. The van der Waals surface area contributed by atoms with E-state index in [4.69, 9.17) is 17.3 Å². The van der Waals surface area contributed by atoms with Crippen LogP contribution in [0.3, 0.4) is 0 Å². The van der Waals surface area contributed by atoms with Crippen LogP contribution >= 0.6 is 11.6 Å². The summed E-state index contributed by atoms with van der Waals surface area (Å²) in [5.41, 5.74) is 9.30. The van der Waals surface area contributed by atoms with Gasteiger partial charge in [-0.25, -0.2) is 0 Å². The van der Waals surface area contributed by atoms with Gasteiger partial charge in [0.25, 0.3) is 5.91 Å². The van der Waals surface area contributed by atoms with Crippen molar-refractivity contribution < 1.29 is 4.79 Å². The Bertz CT molecular complexity index is 1160. The molecule has 0 aliphatic carbocycles. The number of rotatable bonds is 6. The summed E-state index contributed by atoms with van der Waals surface area (Å²) >= 11 is 6.18. The largest absolute Gasteiger partial charge is 0.399 e. The lowest BCUT2D eigenvalue weighted by molar-refractivity contribution is -0.128. The first-order valence-electron chi connectivity index (χ1n) is 11.1. The summed E-state index contributed by atoms with van der Waals surface area (Å²) in [6.07, 6.45) is 1.41. The molecule has 0 unspecified atom stereocenters. The molecule has 1 aliphatic heterocycles. The molecule has 34 heavy (non-hydrogen) atoms. The predicted molar refractivity (Wildman–Crippen MR) is 136 cm³/mol. The van der Waals surface area contributed by atoms with Gasteiger partial charge in [0.2, 0.25) is 0 Å². The van der Waals surface area contributed by atoms with Crippen molar-refractivity contribution in [2.24, 2.45) is 0 Å². The molecular formula is C27H26ClN5O. The molecule has 0 bridgehead atoms. The Morgan fingerprint density at radius 2 is 1.56 bits per heavy atom. The average molecular weight is 472 g/mol. The molecule has 6 nitrogen and oxygen atoms in total. The maximum Gasteiger partial charge on any atom is 0.266 e. The number of nitrogen functional groups attached to an aromatic ring is 1. The van der Waals surface area contributed by atoms with Crippen LogP contribution < -0.4 is 11.1 Å². The van der Waals surface area contributed by atoms with Crippen LogP contribution in [0.2, 0.25) is 5.02 Å². The van der Waals surface area contributed by atoms with Crippen molar-refractivity contribution in [1.82, 2.24) is 9.80 Å². The summed E-state index contributed by atoms with van der Waals surface area (Å²) in [6, 6.07) is 27.9. The van der Waals surface area contributed by atoms with E-state index >= 15 is 0 Å². The second-order valence-electron chi connectivity index (χ2n) is 8.11. The van der Waals surface area contributed by atoms with Crippen molar-refractivity contribution in [3.05, 3.63) is 107 Å². The lowest BCUT2D eigenvalue weighted by Gasteiger charge is -2.39. The average Bonchev–Trinajstić information content (AvgIpc) is 2.87. The van der Waals surface area contributed by atoms with Crippen molar-refractivity contribution in [3.63, 3.8) is 0 Å². The van der Waals surface area contributed by atoms with E-state index in [9.17, 15) is 10.1 Å². The van der Waals surface area contributed by atoms with Crippen LogP contribution in [0.4, 0.5) is 11.4 Å². The Balaban J connectivity index is 1.45. The van der Waals surface area contributed by atoms with Crippen LogP contribution in [-0.4, -0.2) is 41.9 Å². The maximum absolute atomic E-state index is 13.0. The van der Waals surface area contributed by atoms with E-state index in [1.165, 1.54) is 17.3 Å². The zero-order valence-electron chi connectivity index (χ0n) is 18.7. The summed E-state index contributed by atoms with van der Waals surface area (Å²) in [5, 5.41) is 13.0. The van der Waals surface area contributed by atoms with Gasteiger partial charge in [0.05, 0.1) is 16.8 Å². The SMILES string of the molecule is N#C/C(=C/Nc1ccc(N)cc1Cl)C(=O)N1CCN(C(c2ccccc2)c2ccccc2)CC1. The molecule has 0 saturated carbocycles. The summed E-state index contributed by atoms with van der Waals surface area (Å²) in [5.74, 6) is -0.294. The van der Waals surface area contributed by atoms with E-state index in [1.54, 1.807) is 23.1 Å². The number of nitrogens with one attached hydrogen (secondary N) is 1. The highest BCUT2D eigenvalue weighted by atomic mass is 35.5. The number of nitrogens with two attached hydrogens (primary N) is 1. The predicted octanol–water partition coefficient (Wildman–Crippen LogP) is 4.68. The Labute approximate surface area is 204 Å². The van der Waals surface area contributed by atoms with Gasteiger partial charge in [-0.2, -0.15) is 5.26 Å². The minimum atomic E-state index is -0.294. The van der Waals surface area contributed by atoms with Crippen LogP contribution in [0.15, 0.2) is 90.6 Å². The molecule has 0 radical (unpaired) electrons.